The highest BCUT2D eigenvalue weighted by Crippen LogP contribution is 2.34. The quantitative estimate of drug-likeness (QED) is 0.207. The Balaban J connectivity index is 1.20. The maximum Gasteiger partial charge on any atom is 0.573 e. The van der Waals surface area contributed by atoms with Gasteiger partial charge in [-0.3, -0.25) is 9.69 Å². The molecule has 45 heavy (non-hydrogen) atoms. The Morgan fingerprint density at radius 3 is 2.44 bits per heavy atom. The first-order valence-corrected chi connectivity index (χ1v) is 14.9. The van der Waals surface area contributed by atoms with Crippen molar-refractivity contribution in [2.75, 3.05) is 17.2 Å². The monoisotopic (exact) mass is 640 g/mol. The fourth-order valence-corrected chi connectivity index (χ4v) is 5.50. The molecule has 5 rings (SSSR count). The molecular formula is C31H28F4N6O3S. The summed E-state index contributed by atoms with van der Waals surface area (Å²) in [4.78, 5) is 35.2. The van der Waals surface area contributed by atoms with E-state index in [9.17, 15) is 27.2 Å². The van der Waals surface area contributed by atoms with Crippen molar-refractivity contribution in [3.05, 3.63) is 90.0 Å². The van der Waals surface area contributed by atoms with Crippen molar-refractivity contribution < 1.29 is 31.9 Å². The minimum atomic E-state index is -4.77. The van der Waals surface area contributed by atoms with Crippen LogP contribution in [0.1, 0.15) is 43.7 Å². The summed E-state index contributed by atoms with van der Waals surface area (Å²) >= 11 is 1.15. The molecule has 0 spiro atoms. The number of hydrogen-bond donors (Lipinski definition) is 1. The molecule has 1 aliphatic rings. The summed E-state index contributed by atoms with van der Waals surface area (Å²) in [5, 5.41) is 7.44. The zero-order valence-electron chi connectivity index (χ0n) is 24.4. The van der Waals surface area contributed by atoms with Crippen LogP contribution in [0.5, 0.6) is 5.75 Å². The number of thioether (sulfide) groups is 1. The number of benzene rings is 3. The van der Waals surface area contributed by atoms with Gasteiger partial charge in [0, 0.05) is 12.1 Å². The maximum atomic E-state index is 13.9. The molecule has 234 valence electrons. The van der Waals surface area contributed by atoms with Crippen LogP contribution >= 0.6 is 11.8 Å². The van der Waals surface area contributed by atoms with Crippen molar-refractivity contribution in [3.8, 4) is 22.8 Å². The van der Waals surface area contributed by atoms with Crippen LogP contribution in [0.25, 0.3) is 17.1 Å². The van der Waals surface area contributed by atoms with Crippen LogP contribution in [-0.2, 0) is 4.79 Å². The van der Waals surface area contributed by atoms with Crippen LogP contribution in [0, 0.1) is 5.82 Å². The van der Waals surface area contributed by atoms with Crippen LogP contribution in [0.3, 0.4) is 0 Å². The van der Waals surface area contributed by atoms with Gasteiger partial charge in [-0.05, 0) is 65.4 Å². The van der Waals surface area contributed by atoms with Gasteiger partial charge in [0.1, 0.15) is 17.9 Å². The van der Waals surface area contributed by atoms with Crippen LogP contribution in [-0.4, -0.2) is 50.5 Å². The van der Waals surface area contributed by atoms with E-state index in [1.54, 1.807) is 0 Å². The molecule has 1 saturated heterocycles. The molecule has 1 fully saturated rings. The Morgan fingerprint density at radius 2 is 1.78 bits per heavy atom. The van der Waals surface area contributed by atoms with Gasteiger partial charge in [0.2, 0.25) is 5.91 Å². The van der Waals surface area contributed by atoms with E-state index in [-0.39, 0.29) is 41.0 Å². The van der Waals surface area contributed by atoms with Gasteiger partial charge >= 0.3 is 12.4 Å². The number of urea groups is 1. The van der Waals surface area contributed by atoms with Gasteiger partial charge in [0.25, 0.3) is 0 Å². The fraction of sp³-hybridized carbons (Fsp3) is 0.258. The number of hydrogen-bond acceptors (Lipinski definition) is 6. The number of nitrogens with zero attached hydrogens (tertiary/aromatic N) is 5. The predicted octanol–water partition coefficient (Wildman–Crippen LogP) is 7.04. The summed E-state index contributed by atoms with van der Waals surface area (Å²) in [6, 6.07) is 16.3. The lowest BCUT2D eigenvalue weighted by molar-refractivity contribution is -0.274. The number of amidine groups is 1. The van der Waals surface area contributed by atoms with Crippen molar-refractivity contribution >= 4 is 34.6 Å². The number of halogens is 4. The standard InChI is InChI=1S/C31H28F4N6O3S/c1-18(2)25-14-22(32)8-13-26(25)41-27(42)16-45-30(41)38-29(43)36-15-19(3)20-4-6-21(7-5-20)28-37-17-40(39-28)23-9-11-24(12-10-23)44-31(33,34)35/h4-14,17-19H,15-16H2,1-3H3,(H,36,43)/b38-30-. The topological polar surface area (TPSA) is 102 Å². The van der Waals surface area contributed by atoms with Gasteiger partial charge in [-0.2, -0.15) is 4.99 Å². The van der Waals surface area contributed by atoms with E-state index in [2.05, 4.69) is 25.1 Å². The summed E-state index contributed by atoms with van der Waals surface area (Å²) in [7, 11) is 0. The Hall–Kier alpha value is -4.72. The number of rotatable bonds is 8. The van der Waals surface area contributed by atoms with Gasteiger partial charge in [0.05, 0.1) is 17.1 Å². The number of nitrogens with one attached hydrogen (secondary N) is 1. The number of alkyl halides is 3. The summed E-state index contributed by atoms with van der Waals surface area (Å²) in [5.74, 6) is -0.557. The van der Waals surface area contributed by atoms with E-state index in [4.69, 9.17) is 0 Å². The fourth-order valence-electron chi connectivity index (χ4n) is 4.64. The molecule has 0 bridgehead atoms. The second-order valence-electron chi connectivity index (χ2n) is 10.5. The third kappa shape index (κ3) is 7.69. The molecular weight excluding hydrogens is 612 g/mol. The molecule has 2 heterocycles. The van der Waals surface area contributed by atoms with Crippen molar-refractivity contribution in [3.63, 3.8) is 0 Å². The number of aromatic nitrogens is 3. The van der Waals surface area contributed by atoms with Gasteiger partial charge in [-0.1, -0.05) is 56.8 Å². The summed E-state index contributed by atoms with van der Waals surface area (Å²) in [6.07, 6.45) is -3.31. The Morgan fingerprint density at radius 1 is 1.07 bits per heavy atom. The number of carbonyl (C=O) groups excluding carboxylic acids is 2. The third-order valence-corrected chi connectivity index (χ3v) is 7.86. The highest BCUT2D eigenvalue weighted by molar-refractivity contribution is 8.15. The van der Waals surface area contributed by atoms with E-state index in [1.807, 2.05) is 45.0 Å². The molecule has 0 saturated carbocycles. The molecule has 0 aliphatic carbocycles. The van der Waals surface area contributed by atoms with Crippen molar-refractivity contribution in [2.24, 2.45) is 4.99 Å². The Kier molecular flexibility index (Phi) is 9.23. The van der Waals surface area contributed by atoms with Gasteiger partial charge in [-0.15, -0.1) is 18.3 Å². The average molecular weight is 641 g/mol. The number of aliphatic imine (C=N–C) groups is 1. The first-order chi connectivity index (χ1) is 21.4. The summed E-state index contributed by atoms with van der Waals surface area (Å²) in [6.45, 7) is 6.02. The zero-order valence-corrected chi connectivity index (χ0v) is 25.2. The molecule has 3 aromatic carbocycles. The highest BCUT2D eigenvalue weighted by atomic mass is 32.2. The van der Waals surface area contributed by atoms with Crippen LogP contribution in [0.2, 0.25) is 0 Å². The SMILES string of the molecule is CC(C)c1cc(F)ccc1N1C(=O)CS/C1=N\C(=O)NCC(C)c1ccc(-c2ncn(-c3ccc(OC(F)(F)F)cc3)n2)cc1. The predicted molar refractivity (Wildman–Crippen MR) is 163 cm³/mol. The van der Waals surface area contributed by atoms with Crippen LogP contribution in [0.4, 0.5) is 28.0 Å². The van der Waals surface area contributed by atoms with Crippen molar-refractivity contribution in [1.29, 1.82) is 0 Å². The molecule has 0 radical (unpaired) electrons. The molecule has 14 heteroatoms. The second kappa shape index (κ2) is 13.1. The number of anilines is 1. The lowest BCUT2D eigenvalue weighted by Gasteiger charge is -2.21. The van der Waals surface area contributed by atoms with E-state index in [0.717, 1.165) is 22.9 Å². The molecule has 1 atom stereocenters. The van der Waals surface area contributed by atoms with Crippen molar-refractivity contribution in [1.82, 2.24) is 20.1 Å². The first-order valence-electron chi connectivity index (χ1n) is 13.9. The Bertz CT molecular complexity index is 1720. The lowest BCUT2D eigenvalue weighted by atomic mass is 10.00. The van der Waals surface area contributed by atoms with E-state index in [0.29, 0.717) is 22.8 Å². The average Bonchev–Trinajstić information content (AvgIpc) is 3.63. The smallest absolute Gasteiger partial charge is 0.406 e. The highest BCUT2D eigenvalue weighted by Gasteiger charge is 2.33. The number of amides is 3. The molecule has 1 N–H and O–H groups in total. The first kappa shape index (κ1) is 31.7. The van der Waals surface area contributed by atoms with Gasteiger partial charge in [-0.25, -0.2) is 18.9 Å². The van der Waals surface area contributed by atoms with Gasteiger partial charge < -0.3 is 10.1 Å². The second-order valence-corrected chi connectivity index (χ2v) is 11.5. The molecule has 9 nitrogen and oxygen atoms in total. The molecule has 3 amide bonds. The summed E-state index contributed by atoms with van der Waals surface area (Å²) in [5.41, 5.74) is 3.32. The normalized spacial score (nSPS) is 15.2. The minimum Gasteiger partial charge on any atom is -0.406 e. The van der Waals surface area contributed by atoms with Crippen LogP contribution in [0.15, 0.2) is 78.0 Å². The maximum absolute atomic E-state index is 13.9. The van der Waals surface area contributed by atoms with E-state index >= 15 is 0 Å². The van der Waals surface area contributed by atoms with Gasteiger partial charge in [0.15, 0.2) is 11.0 Å². The van der Waals surface area contributed by atoms with Crippen molar-refractivity contribution in [2.45, 2.75) is 39.0 Å². The van der Waals surface area contributed by atoms with E-state index < -0.39 is 18.2 Å². The molecule has 1 aromatic heterocycles. The molecule has 1 aliphatic heterocycles. The Labute approximate surface area is 260 Å². The minimum absolute atomic E-state index is 0.0505. The van der Waals surface area contributed by atoms with Crippen LogP contribution < -0.4 is 15.0 Å². The third-order valence-electron chi connectivity index (χ3n) is 6.94. The van der Waals surface area contributed by atoms with E-state index in [1.165, 1.54) is 58.4 Å². The summed E-state index contributed by atoms with van der Waals surface area (Å²) < 4.78 is 56.5. The lowest BCUT2D eigenvalue weighted by Crippen LogP contribution is -2.33. The number of carbonyl (C=O) groups is 2. The molecule has 4 aromatic rings. The largest absolute Gasteiger partial charge is 0.573 e. The zero-order chi connectivity index (χ0) is 32.3. The number of ether oxygens (including phenoxy) is 1. The molecule has 1 unspecified atom stereocenters.